The number of aliphatic hydroxyl groups excluding tert-OH is 7. The van der Waals surface area contributed by atoms with E-state index in [0.29, 0.717) is 17.4 Å². The second-order valence-corrected chi connectivity index (χ2v) is 12.4. The number of hydrogen-bond donors (Lipinski definition) is 10. The van der Waals surface area contributed by atoms with Crippen molar-refractivity contribution >= 4 is 29.4 Å². The van der Waals surface area contributed by atoms with Crippen molar-refractivity contribution in [1.82, 2.24) is 16.1 Å². The molecule has 240 valence electrons. The number of aliphatic hydroxyl groups is 7. The highest BCUT2D eigenvalue weighted by atomic mass is 32.2. The molecule has 4 heterocycles. The molecule has 4 aliphatic rings. The number of hydrazone groups is 1. The van der Waals surface area contributed by atoms with Crippen molar-refractivity contribution in [1.29, 1.82) is 0 Å². The van der Waals surface area contributed by atoms with Crippen molar-refractivity contribution in [2.75, 3.05) is 19.0 Å². The van der Waals surface area contributed by atoms with Gasteiger partial charge in [0.2, 0.25) is 5.91 Å². The number of carbonyl (C=O) groups is 2. The first-order valence-corrected chi connectivity index (χ1v) is 15.2. The molecule has 17 heteroatoms. The Balaban J connectivity index is 1.21. The molecule has 0 saturated carbocycles. The van der Waals surface area contributed by atoms with Crippen LogP contribution in [0, 0.1) is 0 Å². The highest BCUT2D eigenvalue weighted by Crippen LogP contribution is 2.33. The van der Waals surface area contributed by atoms with Crippen LogP contribution in [0.1, 0.15) is 39.0 Å². The second-order valence-electron chi connectivity index (χ2n) is 11.1. The quantitative estimate of drug-likeness (QED) is 0.0435. The predicted molar refractivity (Wildman–Crippen MR) is 146 cm³/mol. The molecule has 13 atom stereocenters. The lowest BCUT2D eigenvalue weighted by Crippen LogP contribution is -2.64. The monoisotopic (exact) mass is 622 g/mol. The molecule has 0 bridgehead atoms. The smallest absolute Gasteiger partial charge is 0.315 e. The third-order valence-electron chi connectivity index (χ3n) is 8.05. The maximum atomic E-state index is 12.3. The number of unbranched alkanes of at least 4 members (excludes halogenated alkanes) is 1. The van der Waals surface area contributed by atoms with Gasteiger partial charge < -0.3 is 60.6 Å². The van der Waals surface area contributed by atoms with Gasteiger partial charge in [0, 0.05) is 29.6 Å². The molecule has 0 aromatic heterocycles. The number of ether oxygens (including phenoxy) is 3. The molecule has 0 radical (unpaired) electrons. The highest BCUT2D eigenvalue weighted by molar-refractivity contribution is 8.00. The molecule has 16 nitrogen and oxygen atoms in total. The Labute approximate surface area is 246 Å². The summed E-state index contributed by atoms with van der Waals surface area (Å²) < 4.78 is 16.6. The molecule has 7 unspecified atom stereocenters. The summed E-state index contributed by atoms with van der Waals surface area (Å²) in [5.74, 6) is 0.595. The van der Waals surface area contributed by atoms with E-state index in [4.69, 9.17) is 14.2 Å². The lowest BCUT2D eigenvalue weighted by Gasteiger charge is -2.46. The van der Waals surface area contributed by atoms with E-state index in [1.165, 1.54) is 0 Å². The van der Waals surface area contributed by atoms with Crippen molar-refractivity contribution in [2.24, 2.45) is 5.10 Å². The summed E-state index contributed by atoms with van der Waals surface area (Å²) in [6.45, 7) is 0.279. The minimum atomic E-state index is -1.75. The predicted octanol–water partition coefficient (Wildman–Crippen LogP) is -3.74. The number of nitrogens with one attached hydrogen (secondary N) is 3. The number of rotatable bonds is 12. The van der Waals surface area contributed by atoms with Gasteiger partial charge in [-0.25, -0.2) is 10.2 Å². The van der Waals surface area contributed by atoms with E-state index in [-0.39, 0.29) is 36.9 Å². The Hall–Kier alpha value is -1.64. The third-order valence-corrected chi connectivity index (χ3v) is 9.56. The van der Waals surface area contributed by atoms with Crippen molar-refractivity contribution < 1.29 is 59.5 Å². The van der Waals surface area contributed by atoms with Gasteiger partial charge in [-0.1, -0.05) is 6.42 Å². The summed E-state index contributed by atoms with van der Waals surface area (Å²) in [6.07, 6.45) is -12.0. The fourth-order valence-electron chi connectivity index (χ4n) is 5.66. The van der Waals surface area contributed by atoms with Crippen LogP contribution in [-0.4, -0.2) is 151 Å². The van der Waals surface area contributed by atoms with E-state index in [0.717, 1.165) is 18.6 Å². The lowest BCUT2D eigenvalue weighted by molar-refractivity contribution is -0.341. The Morgan fingerprint density at radius 1 is 0.976 bits per heavy atom. The molecule has 0 aliphatic carbocycles. The summed E-state index contributed by atoms with van der Waals surface area (Å²) in [5, 5.41) is 81.1. The molecule has 4 rings (SSSR count). The van der Waals surface area contributed by atoms with Crippen molar-refractivity contribution in [3.05, 3.63) is 0 Å². The topological polar surface area (TPSA) is 252 Å². The molecule has 0 aromatic carbocycles. The standard InChI is InChI=1S/C25H42N4O12S/c1-10(28-29-16(32)5-3-2-4-15-17-11(9-42-15)26-25(38)27-17)6-12-18(33)21(36)23(14(8-31)39-12)41-24-22(37)20(35)19(34)13(7-30)40-24/h11-15,17-24,30-31,33-37H,2-9H2,1H3,(H,29,32)(H2,26,27,38)/b28-10+/t11?,12?,13?,14?,15?,17?,18-,19-,20-,21+,22+,23+,24?/m0/s1. The molecule has 0 aromatic rings. The Morgan fingerprint density at radius 3 is 2.40 bits per heavy atom. The Bertz CT molecular complexity index is 960. The maximum absolute atomic E-state index is 12.3. The van der Waals surface area contributed by atoms with Crippen molar-refractivity contribution in [3.63, 3.8) is 0 Å². The lowest BCUT2D eigenvalue weighted by atomic mass is 9.92. The van der Waals surface area contributed by atoms with Crippen LogP contribution in [0.25, 0.3) is 0 Å². The number of thioether (sulfide) groups is 1. The van der Waals surface area contributed by atoms with E-state index >= 15 is 0 Å². The molecule has 4 fully saturated rings. The second kappa shape index (κ2) is 14.9. The summed E-state index contributed by atoms with van der Waals surface area (Å²) in [7, 11) is 0. The van der Waals surface area contributed by atoms with E-state index in [1.54, 1.807) is 6.92 Å². The summed E-state index contributed by atoms with van der Waals surface area (Å²) in [5.41, 5.74) is 2.87. The summed E-state index contributed by atoms with van der Waals surface area (Å²) >= 11 is 1.82. The zero-order chi connectivity index (χ0) is 30.6. The molecule has 4 aliphatic heterocycles. The third kappa shape index (κ3) is 7.71. The number of fused-ring (bicyclic) bond motifs is 1. The molecular formula is C25H42N4O12S. The largest absolute Gasteiger partial charge is 0.394 e. The summed E-state index contributed by atoms with van der Waals surface area (Å²) in [6, 6.07) is 0.158. The van der Waals surface area contributed by atoms with Crippen molar-refractivity contribution in [3.8, 4) is 0 Å². The molecule has 0 spiro atoms. The van der Waals surface area contributed by atoms with E-state index in [2.05, 4.69) is 21.2 Å². The van der Waals surface area contributed by atoms with Gasteiger partial charge in [0.1, 0.15) is 48.8 Å². The average molecular weight is 623 g/mol. The van der Waals surface area contributed by atoms with Crippen LogP contribution in [0.5, 0.6) is 0 Å². The van der Waals surface area contributed by atoms with Crippen LogP contribution in [0.3, 0.4) is 0 Å². The summed E-state index contributed by atoms with van der Waals surface area (Å²) in [4.78, 5) is 23.8. The number of amides is 3. The number of nitrogens with zero attached hydrogens (tertiary/aromatic N) is 1. The molecule has 10 N–H and O–H groups in total. The Morgan fingerprint density at radius 2 is 1.69 bits per heavy atom. The van der Waals surface area contributed by atoms with Crippen LogP contribution >= 0.6 is 11.8 Å². The Kier molecular flexibility index (Phi) is 11.8. The van der Waals surface area contributed by atoms with E-state index in [9.17, 15) is 45.3 Å². The van der Waals surface area contributed by atoms with Gasteiger partial charge in [0.25, 0.3) is 0 Å². The fourth-order valence-corrected chi connectivity index (χ4v) is 7.20. The fraction of sp³-hybridized carbons (Fsp3) is 0.880. The normalized spacial score (nSPS) is 42.1. The minimum Gasteiger partial charge on any atom is -0.394 e. The maximum Gasteiger partial charge on any atom is 0.315 e. The number of hydrogen-bond acceptors (Lipinski definition) is 14. The number of urea groups is 1. The van der Waals surface area contributed by atoms with Gasteiger partial charge in [-0.3, -0.25) is 4.79 Å². The first kappa shape index (κ1) is 33.3. The van der Waals surface area contributed by atoms with Crippen LogP contribution in [0.4, 0.5) is 4.79 Å². The average Bonchev–Trinajstić information content (AvgIpc) is 3.52. The first-order chi connectivity index (χ1) is 20.0. The zero-order valence-corrected chi connectivity index (χ0v) is 24.0. The van der Waals surface area contributed by atoms with Gasteiger partial charge in [-0.05, 0) is 19.8 Å². The van der Waals surface area contributed by atoms with Gasteiger partial charge in [0.15, 0.2) is 6.29 Å². The first-order valence-electron chi connectivity index (χ1n) is 14.1. The highest BCUT2D eigenvalue weighted by Gasteiger charge is 2.50. The zero-order valence-electron chi connectivity index (χ0n) is 23.2. The SMILES string of the molecule is C/C(CC1OC(CO)[C@@H](OC2OC(CO)[C@H](O)[C@H](O)[C@H]2O)[C@H](O)[C@H]1O)=N\NC(=O)CCCCC1SCC2NC(=O)NC21. The van der Waals surface area contributed by atoms with Gasteiger partial charge in [-0.15, -0.1) is 0 Å². The molecule has 3 amide bonds. The van der Waals surface area contributed by atoms with E-state index < -0.39 is 74.4 Å². The molecular weight excluding hydrogens is 580 g/mol. The van der Waals surface area contributed by atoms with Crippen LogP contribution in [0.2, 0.25) is 0 Å². The van der Waals surface area contributed by atoms with Crippen LogP contribution < -0.4 is 16.1 Å². The number of carbonyl (C=O) groups excluding carboxylic acids is 2. The van der Waals surface area contributed by atoms with Gasteiger partial charge >= 0.3 is 6.03 Å². The van der Waals surface area contributed by atoms with E-state index in [1.807, 2.05) is 11.8 Å². The molecule has 4 saturated heterocycles. The van der Waals surface area contributed by atoms with Gasteiger partial charge in [-0.2, -0.15) is 16.9 Å². The molecule has 42 heavy (non-hydrogen) atoms. The van der Waals surface area contributed by atoms with Crippen molar-refractivity contribution in [2.45, 2.75) is 118 Å². The van der Waals surface area contributed by atoms with Crippen LogP contribution in [-0.2, 0) is 19.0 Å². The van der Waals surface area contributed by atoms with Gasteiger partial charge in [0.05, 0.1) is 31.4 Å². The minimum absolute atomic E-state index is 0.00296. The van der Waals surface area contributed by atoms with Crippen LogP contribution in [0.15, 0.2) is 5.10 Å².